The number of hydrogen-bond acceptors (Lipinski definition) is 4. The summed E-state index contributed by atoms with van der Waals surface area (Å²) in [5.74, 6) is -0.171. The van der Waals surface area contributed by atoms with E-state index in [-0.39, 0.29) is 5.82 Å². The van der Waals surface area contributed by atoms with Gasteiger partial charge in [0.25, 0.3) is 0 Å². The van der Waals surface area contributed by atoms with Crippen LogP contribution in [0.4, 0.5) is 5.82 Å². The standard InChI is InChI=1S/C9H7N3O2/c1-6-2-3-10-8-4-9(12(13)14)11-5-7(6)8/h2-5H,1H3. The van der Waals surface area contributed by atoms with Crippen LogP contribution in [0.5, 0.6) is 0 Å². The Hall–Kier alpha value is -2.04. The number of rotatable bonds is 1. The fraction of sp³-hybridized carbons (Fsp3) is 0.111. The van der Waals surface area contributed by atoms with E-state index in [0.29, 0.717) is 5.52 Å². The molecule has 0 unspecified atom stereocenters. The largest absolute Gasteiger partial charge is 0.365 e. The molecule has 14 heavy (non-hydrogen) atoms. The van der Waals surface area contributed by atoms with E-state index in [0.717, 1.165) is 10.9 Å². The van der Waals surface area contributed by atoms with Crippen LogP contribution in [0.3, 0.4) is 0 Å². The summed E-state index contributed by atoms with van der Waals surface area (Å²) in [4.78, 5) is 17.7. The molecule has 0 aliphatic rings. The minimum absolute atomic E-state index is 0.171. The first kappa shape index (κ1) is 8.55. The third-order valence-corrected chi connectivity index (χ3v) is 2.02. The molecule has 0 saturated carbocycles. The summed E-state index contributed by atoms with van der Waals surface area (Å²) >= 11 is 0. The first-order valence-electron chi connectivity index (χ1n) is 4.04. The van der Waals surface area contributed by atoms with Crippen LogP contribution in [-0.2, 0) is 0 Å². The Kier molecular flexibility index (Phi) is 1.85. The Morgan fingerprint density at radius 1 is 1.43 bits per heavy atom. The van der Waals surface area contributed by atoms with Gasteiger partial charge in [-0.2, -0.15) is 0 Å². The maximum Gasteiger partial charge on any atom is 0.365 e. The third-order valence-electron chi connectivity index (χ3n) is 2.02. The molecule has 0 atom stereocenters. The Morgan fingerprint density at radius 2 is 2.21 bits per heavy atom. The molecule has 2 aromatic rings. The SMILES string of the molecule is Cc1ccnc2cc([N+](=O)[O-])ncc12. The van der Waals surface area contributed by atoms with E-state index < -0.39 is 4.92 Å². The summed E-state index contributed by atoms with van der Waals surface area (Å²) in [6.45, 7) is 1.91. The summed E-state index contributed by atoms with van der Waals surface area (Å²) in [6.07, 6.45) is 3.11. The number of aromatic nitrogens is 2. The summed E-state index contributed by atoms with van der Waals surface area (Å²) in [7, 11) is 0. The molecule has 5 heteroatoms. The molecular weight excluding hydrogens is 182 g/mol. The highest BCUT2D eigenvalue weighted by Crippen LogP contribution is 2.18. The van der Waals surface area contributed by atoms with Crippen molar-refractivity contribution in [3.63, 3.8) is 0 Å². The lowest BCUT2D eigenvalue weighted by Crippen LogP contribution is -1.92. The fourth-order valence-corrected chi connectivity index (χ4v) is 1.26. The van der Waals surface area contributed by atoms with Crippen LogP contribution in [0.1, 0.15) is 5.56 Å². The lowest BCUT2D eigenvalue weighted by atomic mass is 10.2. The highest BCUT2D eigenvalue weighted by Gasteiger charge is 2.09. The van der Waals surface area contributed by atoms with Crippen LogP contribution in [0.25, 0.3) is 10.9 Å². The number of nitrogens with zero attached hydrogens (tertiary/aromatic N) is 3. The number of hydrogen-bond donors (Lipinski definition) is 0. The number of nitro groups is 1. The van der Waals surface area contributed by atoms with Crippen LogP contribution < -0.4 is 0 Å². The quantitative estimate of drug-likeness (QED) is 0.507. The normalized spacial score (nSPS) is 10.4. The molecule has 0 fully saturated rings. The highest BCUT2D eigenvalue weighted by molar-refractivity contribution is 5.82. The van der Waals surface area contributed by atoms with Crippen LogP contribution in [0, 0.1) is 17.0 Å². The third kappa shape index (κ3) is 1.28. The van der Waals surface area contributed by atoms with E-state index in [1.807, 2.05) is 13.0 Å². The first-order valence-corrected chi connectivity index (χ1v) is 4.04. The second-order valence-electron chi connectivity index (χ2n) is 2.94. The van der Waals surface area contributed by atoms with E-state index in [1.54, 1.807) is 6.20 Å². The van der Waals surface area contributed by atoms with Gasteiger partial charge in [-0.25, -0.2) is 0 Å². The van der Waals surface area contributed by atoms with Gasteiger partial charge in [0, 0.05) is 11.6 Å². The van der Waals surface area contributed by atoms with Crippen molar-refractivity contribution >= 4 is 16.7 Å². The van der Waals surface area contributed by atoms with Crippen molar-refractivity contribution in [2.45, 2.75) is 6.92 Å². The van der Waals surface area contributed by atoms with Gasteiger partial charge >= 0.3 is 5.82 Å². The molecule has 0 aromatic carbocycles. The molecule has 0 aliphatic carbocycles. The molecule has 0 saturated heterocycles. The predicted octanol–water partition coefficient (Wildman–Crippen LogP) is 1.85. The Labute approximate surface area is 79.6 Å². The number of fused-ring (bicyclic) bond motifs is 1. The van der Waals surface area contributed by atoms with Crippen molar-refractivity contribution in [3.05, 3.63) is 40.2 Å². The Bertz CT molecular complexity index is 510. The zero-order valence-electron chi connectivity index (χ0n) is 7.47. The van der Waals surface area contributed by atoms with Gasteiger partial charge in [-0.1, -0.05) is 0 Å². The molecule has 0 radical (unpaired) electrons. The smallest absolute Gasteiger partial charge is 0.358 e. The summed E-state index contributed by atoms with van der Waals surface area (Å²) < 4.78 is 0. The van der Waals surface area contributed by atoms with Gasteiger partial charge in [0.1, 0.15) is 6.20 Å². The van der Waals surface area contributed by atoms with Crippen LogP contribution in [0.15, 0.2) is 24.5 Å². The monoisotopic (exact) mass is 189 g/mol. The zero-order valence-corrected chi connectivity index (χ0v) is 7.47. The lowest BCUT2D eigenvalue weighted by Gasteiger charge is -1.97. The molecule has 0 amide bonds. The van der Waals surface area contributed by atoms with Gasteiger partial charge in [-0.05, 0) is 28.5 Å². The Balaban J connectivity index is 2.73. The van der Waals surface area contributed by atoms with E-state index in [2.05, 4.69) is 9.97 Å². The first-order chi connectivity index (χ1) is 6.68. The summed E-state index contributed by atoms with van der Waals surface area (Å²) in [5, 5.41) is 11.3. The molecule has 2 rings (SSSR count). The van der Waals surface area contributed by atoms with E-state index in [9.17, 15) is 10.1 Å². The molecular formula is C9H7N3O2. The van der Waals surface area contributed by atoms with Crippen molar-refractivity contribution in [1.29, 1.82) is 0 Å². The predicted molar refractivity (Wildman–Crippen MR) is 50.9 cm³/mol. The zero-order chi connectivity index (χ0) is 10.1. The number of pyridine rings is 2. The molecule has 0 bridgehead atoms. The molecule has 0 aliphatic heterocycles. The summed E-state index contributed by atoms with van der Waals surface area (Å²) in [5.41, 5.74) is 1.61. The Morgan fingerprint density at radius 3 is 2.93 bits per heavy atom. The number of aryl methyl sites for hydroxylation is 1. The molecule has 2 heterocycles. The maximum absolute atomic E-state index is 10.4. The molecule has 0 spiro atoms. The maximum atomic E-state index is 10.4. The summed E-state index contributed by atoms with van der Waals surface area (Å²) in [6, 6.07) is 3.22. The minimum Gasteiger partial charge on any atom is -0.358 e. The topological polar surface area (TPSA) is 68.9 Å². The van der Waals surface area contributed by atoms with Crippen LogP contribution in [-0.4, -0.2) is 14.9 Å². The van der Waals surface area contributed by atoms with Gasteiger partial charge in [-0.15, -0.1) is 0 Å². The van der Waals surface area contributed by atoms with Crippen molar-refractivity contribution in [3.8, 4) is 0 Å². The lowest BCUT2D eigenvalue weighted by molar-refractivity contribution is -0.389. The van der Waals surface area contributed by atoms with Crippen molar-refractivity contribution < 1.29 is 4.92 Å². The highest BCUT2D eigenvalue weighted by atomic mass is 16.6. The van der Waals surface area contributed by atoms with Crippen LogP contribution >= 0.6 is 0 Å². The van der Waals surface area contributed by atoms with E-state index in [4.69, 9.17) is 0 Å². The van der Waals surface area contributed by atoms with E-state index in [1.165, 1.54) is 12.3 Å². The van der Waals surface area contributed by atoms with Gasteiger partial charge < -0.3 is 10.1 Å². The van der Waals surface area contributed by atoms with Gasteiger partial charge in [0.2, 0.25) is 0 Å². The molecule has 2 aromatic heterocycles. The minimum atomic E-state index is -0.524. The fourth-order valence-electron chi connectivity index (χ4n) is 1.26. The van der Waals surface area contributed by atoms with Gasteiger partial charge in [0.15, 0.2) is 0 Å². The van der Waals surface area contributed by atoms with Crippen LogP contribution in [0.2, 0.25) is 0 Å². The molecule has 70 valence electrons. The van der Waals surface area contributed by atoms with Crippen molar-refractivity contribution in [2.75, 3.05) is 0 Å². The van der Waals surface area contributed by atoms with Crippen molar-refractivity contribution in [2.24, 2.45) is 0 Å². The molecule has 5 nitrogen and oxygen atoms in total. The average molecular weight is 189 g/mol. The van der Waals surface area contributed by atoms with E-state index >= 15 is 0 Å². The second-order valence-corrected chi connectivity index (χ2v) is 2.94. The average Bonchev–Trinajstić information content (AvgIpc) is 2.17. The van der Waals surface area contributed by atoms with Gasteiger partial charge in [-0.3, -0.25) is 4.98 Å². The van der Waals surface area contributed by atoms with Gasteiger partial charge in [0.05, 0.1) is 11.6 Å². The second kappa shape index (κ2) is 3.02. The molecule has 0 N–H and O–H groups in total. The van der Waals surface area contributed by atoms with Crippen molar-refractivity contribution in [1.82, 2.24) is 9.97 Å².